The molecule has 2 heteroatoms. The van der Waals surface area contributed by atoms with Gasteiger partial charge in [0.15, 0.2) is 0 Å². The molecule has 0 amide bonds. The fourth-order valence-electron chi connectivity index (χ4n) is 4.22. The molecule has 2 nitrogen and oxygen atoms in total. The van der Waals surface area contributed by atoms with E-state index in [1.165, 1.54) is 54.5 Å². The van der Waals surface area contributed by atoms with Crippen molar-refractivity contribution in [1.29, 1.82) is 0 Å². The van der Waals surface area contributed by atoms with Crippen LogP contribution in [0.3, 0.4) is 0 Å². The smallest absolute Gasteiger partial charge is 0.0237 e. The average molecular weight is 351 g/mol. The molecule has 1 fully saturated rings. The van der Waals surface area contributed by atoms with Gasteiger partial charge in [0.2, 0.25) is 0 Å². The molecule has 0 aromatic heterocycles. The van der Waals surface area contributed by atoms with Gasteiger partial charge in [-0.3, -0.25) is 4.90 Å². The van der Waals surface area contributed by atoms with E-state index < -0.39 is 0 Å². The van der Waals surface area contributed by atoms with Crippen LogP contribution in [0.2, 0.25) is 0 Å². The van der Waals surface area contributed by atoms with Gasteiger partial charge in [0.1, 0.15) is 0 Å². The van der Waals surface area contributed by atoms with Crippen molar-refractivity contribution in [3.05, 3.63) is 70.8 Å². The third-order valence-corrected chi connectivity index (χ3v) is 5.83. The predicted molar refractivity (Wildman–Crippen MR) is 111 cm³/mol. The van der Waals surface area contributed by atoms with Crippen molar-refractivity contribution in [1.82, 2.24) is 4.90 Å². The molecular formula is C24H34N2. The van der Waals surface area contributed by atoms with Crippen LogP contribution in [-0.4, -0.2) is 18.0 Å². The Labute approximate surface area is 159 Å². The highest BCUT2D eigenvalue weighted by atomic mass is 15.1. The van der Waals surface area contributed by atoms with E-state index in [2.05, 4.69) is 67.3 Å². The first-order valence-electron chi connectivity index (χ1n) is 10.2. The van der Waals surface area contributed by atoms with Gasteiger partial charge in [-0.05, 0) is 69.0 Å². The molecule has 0 unspecified atom stereocenters. The molecular weight excluding hydrogens is 316 g/mol. The van der Waals surface area contributed by atoms with E-state index in [0.29, 0.717) is 0 Å². The standard InChI is InChI=1S/C24H34N2/c1-19-6-8-22(9-7-19)16-26(18-24-5-3-4-20(2)14-24)17-23-12-10-21(15-25)11-13-23/h3-9,14,21,23H,10-13,15-18,25H2,1-2H3. The summed E-state index contributed by atoms with van der Waals surface area (Å²) in [6.07, 6.45) is 5.29. The lowest BCUT2D eigenvalue weighted by molar-refractivity contribution is 0.170. The zero-order chi connectivity index (χ0) is 18.4. The number of rotatable bonds is 7. The fourth-order valence-corrected chi connectivity index (χ4v) is 4.22. The molecule has 140 valence electrons. The number of hydrogen-bond donors (Lipinski definition) is 1. The second kappa shape index (κ2) is 9.34. The summed E-state index contributed by atoms with van der Waals surface area (Å²) in [6.45, 7) is 8.46. The van der Waals surface area contributed by atoms with Gasteiger partial charge < -0.3 is 5.73 Å². The lowest BCUT2D eigenvalue weighted by Crippen LogP contribution is -2.32. The van der Waals surface area contributed by atoms with Gasteiger partial charge in [0.05, 0.1) is 0 Å². The summed E-state index contributed by atoms with van der Waals surface area (Å²) in [6, 6.07) is 18.0. The minimum atomic E-state index is 0.758. The first kappa shape index (κ1) is 19.1. The topological polar surface area (TPSA) is 29.3 Å². The van der Waals surface area contributed by atoms with Crippen LogP contribution in [0.15, 0.2) is 48.5 Å². The second-order valence-corrected chi connectivity index (χ2v) is 8.27. The van der Waals surface area contributed by atoms with Crippen LogP contribution in [0.5, 0.6) is 0 Å². The molecule has 0 aliphatic heterocycles. The van der Waals surface area contributed by atoms with E-state index in [1.54, 1.807) is 0 Å². The summed E-state index contributed by atoms with van der Waals surface area (Å²) < 4.78 is 0. The Morgan fingerprint density at radius 3 is 2.12 bits per heavy atom. The molecule has 3 rings (SSSR count). The molecule has 1 aliphatic rings. The van der Waals surface area contributed by atoms with Gasteiger partial charge in [-0.1, -0.05) is 59.7 Å². The Bertz CT molecular complexity index is 669. The van der Waals surface area contributed by atoms with Crippen molar-refractivity contribution in [2.75, 3.05) is 13.1 Å². The third kappa shape index (κ3) is 5.69. The molecule has 1 aliphatic carbocycles. The van der Waals surface area contributed by atoms with E-state index in [9.17, 15) is 0 Å². The minimum absolute atomic E-state index is 0.758. The van der Waals surface area contributed by atoms with E-state index in [4.69, 9.17) is 5.73 Å². The van der Waals surface area contributed by atoms with E-state index in [-0.39, 0.29) is 0 Å². The maximum absolute atomic E-state index is 5.87. The fraction of sp³-hybridized carbons (Fsp3) is 0.500. The zero-order valence-corrected chi connectivity index (χ0v) is 16.5. The van der Waals surface area contributed by atoms with Crippen molar-refractivity contribution in [3.8, 4) is 0 Å². The first-order chi connectivity index (χ1) is 12.6. The Kier molecular flexibility index (Phi) is 6.87. The molecule has 2 aromatic rings. The number of hydrogen-bond acceptors (Lipinski definition) is 2. The summed E-state index contributed by atoms with van der Waals surface area (Å²) in [5.41, 5.74) is 11.4. The van der Waals surface area contributed by atoms with Crippen LogP contribution in [-0.2, 0) is 13.1 Å². The Morgan fingerprint density at radius 2 is 1.46 bits per heavy atom. The second-order valence-electron chi connectivity index (χ2n) is 8.27. The predicted octanol–water partition coefficient (Wildman–Crippen LogP) is 5.07. The minimum Gasteiger partial charge on any atom is -0.330 e. The summed E-state index contributed by atoms with van der Waals surface area (Å²) in [5.74, 6) is 1.57. The van der Waals surface area contributed by atoms with Gasteiger partial charge in [-0.25, -0.2) is 0 Å². The lowest BCUT2D eigenvalue weighted by atomic mass is 9.82. The maximum Gasteiger partial charge on any atom is 0.0237 e. The Morgan fingerprint density at radius 1 is 0.808 bits per heavy atom. The van der Waals surface area contributed by atoms with Crippen molar-refractivity contribution in [3.63, 3.8) is 0 Å². The highest BCUT2D eigenvalue weighted by Crippen LogP contribution is 2.29. The lowest BCUT2D eigenvalue weighted by Gasteiger charge is -2.32. The number of nitrogens with zero attached hydrogens (tertiary/aromatic N) is 1. The highest BCUT2D eigenvalue weighted by Gasteiger charge is 2.22. The molecule has 26 heavy (non-hydrogen) atoms. The Hall–Kier alpha value is -1.64. The van der Waals surface area contributed by atoms with Crippen LogP contribution < -0.4 is 5.73 Å². The van der Waals surface area contributed by atoms with Crippen molar-refractivity contribution in [2.45, 2.75) is 52.6 Å². The molecule has 0 saturated heterocycles. The van der Waals surface area contributed by atoms with Crippen LogP contribution >= 0.6 is 0 Å². The first-order valence-corrected chi connectivity index (χ1v) is 10.2. The molecule has 0 heterocycles. The highest BCUT2D eigenvalue weighted by molar-refractivity contribution is 5.23. The Balaban J connectivity index is 1.67. The normalized spacial score (nSPS) is 20.5. The summed E-state index contributed by atoms with van der Waals surface area (Å²) >= 11 is 0. The monoisotopic (exact) mass is 350 g/mol. The summed E-state index contributed by atoms with van der Waals surface area (Å²) in [7, 11) is 0. The van der Waals surface area contributed by atoms with Crippen molar-refractivity contribution in [2.24, 2.45) is 17.6 Å². The largest absolute Gasteiger partial charge is 0.330 e. The van der Waals surface area contributed by atoms with Crippen molar-refractivity contribution < 1.29 is 0 Å². The van der Waals surface area contributed by atoms with Crippen LogP contribution in [0.1, 0.15) is 47.9 Å². The molecule has 0 radical (unpaired) electrons. The van der Waals surface area contributed by atoms with Gasteiger partial charge in [0.25, 0.3) is 0 Å². The quantitative estimate of drug-likeness (QED) is 0.755. The van der Waals surface area contributed by atoms with Gasteiger partial charge in [-0.15, -0.1) is 0 Å². The van der Waals surface area contributed by atoms with Gasteiger partial charge >= 0.3 is 0 Å². The molecule has 0 spiro atoms. The van der Waals surface area contributed by atoms with Gasteiger partial charge in [0, 0.05) is 19.6 Å². The summed E-state index contributed by atoms with van der Waals surface area (Å²) in [5, 5.41) is 0. The van der Waals surface area contributed by atoms with E-state index >= 15 is 0 Å². The molecule has 0 atom stereocenters. The zero-order valence-electron chi connectivity index (χ0n) is 16.5. The number of benzene rings is 2. The van der Waals surface area contributed by atoms with Crippen molar-refractivity contribution >= 4 is 0 Å². The maximum atomic E-state index is 5.87. The van der Waals surface area contributed by atoms with E-state index in [0.717, 1.165) is 31.5 Å². The SMILES string of the molecule is Cc1ccc(CN(Cc2cccc(C)c2)CC2CCC(CN)CC2)cc1. The summed E-state index contributed by atoms with van der Waals surface area (Å²) in [4.78, 5) is 2.65. The molecule has 2 aromatic carbocycles. The third-order valence-electron chi connectivity index (χ3n) is 5.83. The van der Waals surface area contributed by atoms with E-state index in [1.807, 2.05) is 0 Å². The van der Waals surface area contributed by atoms with Crippen LogP contribution in [0.25, 0.3) is 0 Å². The average Bonchev–Trinajstić information content (AvgIpc) is 2.64. The number of nitrogens with two attached hydrogens (primary N) is 1. The van der Waals surface area contributed by atoms with Crippen LogP contribution in [0.4, 0.5) is 0 Å². The van der Waals surface area contributed by atoms with Crippen LogP contribution in [0, 0.1) is 25.7 Å². The van der Waals surface area contributed by atoms with Gasteiger partial charge in [-0.2, -0.15) is 0 Å². The number of aryl methyl sites for hydroxylation is 2. The molecule has 1 saturated carbocycles. The molecule has 0 bridgehead atoms. The molecule has 2 N–H and O–H groups in total.